The van der Waals surface area contributed by atoms with E-state index in [1.165, 1.54) is 70.6 Å². The highest BCUT2D eigenvalue weighted by Crippen LogP contribution is 2.37. The summed E-state index contributed by atoms with van der Waals surface area (Å²) in [7, 11) is 0. The second-order valence-electron chi connectivity index (χ2n) is 7.65. The molecular weight excluding hydrogens is 280 g/mol. The van der Waals surface area contributed by atoms with Crippen LogP contribution < -0.4 is 0 Å². The minimum absolute atomic E-state index is 0.313. The zero-order valence-corrected chi connectivity index (χ0v) is 16.0. The first kappa shape index (κ1) is 20.5. The third kappa shape index (κ3) is 8.18. The van der Waals surface area contributed by atoms with E-state index >= 15 is 0 Å². The van der Waals surface area contributed by atoms with Crippen LogP contribution in [0.2, 0.25) is 0 Å². The lowest BCUT2D eigenvalue weighted by Crippen LogP contribution is -2.21. The SMILES string of the molecule is CCCCCCC=C[C@H]1CCC(=O)[C@@H]1C(C)CCCCCCC. The molecule has 1 aliphatic rings. The Morgan fingerprint density at radius 3 is 2.35 bits per heavy atom. The van der Waals surface area contributed by atoms with Crippen LogP contribution in [0.3, 0.4) is 0 Å². The number of carbonyl (C=O) groups is 1. The Hall–Kier alpha value is -0.590. The molecule has 134 valence electrons. The normalized spacial score (nSPS) is 23.0. The molecule has 0 amide bonds. The Bertz CT molecular complexity index is 331. The van der Waals surface area contributed by atoms with Crippen LogP contribution in [0.5, 0.6) is 0 Å². The van der Waals surface area contributed by atoms with E-state index in [1.807, 2.05) is 0 Å². The highest BCUT2D eigenvalue weighted by atomic mass is 16.1. The third-order valence-electron chi connectivity index (χ3n) is 5.54. The number of allylic oxidation sites excluding steroid dienone is 2. The molecule has 23 heavy (non-hydrogen) atoms. The number of Topliss-reactive ketones (excluding diaryl/α,β-unsaturated/α-hetero) is 1. The summed E-state index contributed by atoms with van der Waals surface area (Å²) in [5, 5.41) is 0. The van der Waals surface area contributed by atoms with Crippen molar-refractivity contribution in [1.29, 1.82) is 0 Å². The van der Waals surface area contributed by atoms with Crippen molar-refractivity contribution < 1.29 is 4.79 Å². The van der Waals surface area contributed by atoms with E-state index in [0.717, 1.165) is 12.8 Å². The Morgan fingerprint density at radius 2 is 1.65 bits per heavy atom. The molecule has 0 N–H and O–H groups in total. The summed E-state index contributed by atoms with van der Waals surface area (Å²) in [6.07, 6.45) is 21.1. The number of hydrogen-bond donors (Lipinski definition) is 0. The van der Waals surface area contributed by atoms with Crippen LogP contribution in [0.15, 0.2) is 12.2 Å². The van der Waals surface area contributed by atoms with E-state index in [9.17, 15) is 4.79 Å². The Kier molecular flexibility index (Phi) is 11.4. The van der Waals surface area contributed by atoms with Crippen LogP contribution >= 0.6 is 0 Å². The Balaban J connectivity index is 2.32. The maximum Gasteiger partial charge on any atom is 0.136 e. The van der Waals surface area contributed by atoms with Gasteiger partial charge >= 0.3 is 0 Å². The van der Waals surface area contributed by atoms with Crippen molar-refractivity contribution in [3.8, 4) is 0 Å². The van der Waals surface area contributed by atoms with Gasteiger partial charge in [-0.2, -0.15) is 0 Å². The maximum absolute atomic E-state index is 12.3. The molecule has 0 aromatic heterocycles. The molecule has 1 nitrogen and oxygen atoms in total. The second kappa shape index (κ2) is 12.8. The van der Waals surface area contributed by atoms with Gasteiger partial charge in [-0.05, 0) is 37.5 Å². The molecule has 0 aromatic rings. The van der Waals surface area contributed by atoms with Gasteiger partial charge in [-0.3, -0.25) is 4.79 Å². The van der Waals surface area contributed by atoms with Crippen molar-refractivity contribution in [2.45, 2.75) is 104 Å². The van der Waals surface area contributed by atoms with Crippen LogP contribution in [0.1, 0.15) is 104 Å². The lowest BCUT2D eigenvalue weighted by Gasteiger charge is -2.22. The van der Waals surface area contributed by atoms with Gasteiger partial charge < -0.3 is 0 Å². The standard InChI is InChI=1S/C22H40O/c1-4-6-8-10-12-14-16-20-17-18-21(23)22(20)19(3)15-13-11-9-7-5-2/h14,16,19-20,22H,4-13,15,17-18H2,1-3H3/t19?,20-,22+/m0/s1. The van der Waals surface area contributed by atoms with Crippen molar-refractivity contribution in [2.75, 3.05) is 0 Å². The number of rotatable bonds is 13. The van der Waals surface area contributed by atoms with Crippen LogP contribution in [0, 0.1) is 17.8 Å². The summed E-state index contributed by atoms with van der Waals surface area (Å²) in [6.45, 7) is 6.84. The molecule has 0 saturated heterocycles. The van der Waals surface area contributed by atoms with Gasteiger partial charge in [0.1, 0.15) is 5.78 Å². The minimum Gasteiger partial charge on any atom is -0.299 e. The number of ketones is 1. The third-order valence-corrected chi connectivity index (χ3v) is 5.54. The van der Waals surface area contributed by atoms with Crippen LogP contribution in [0.25, 0.3) is 0 Å². The van der Waals surface area contributed by atoms with Gasteiger partial charge in [0.15, 0.2) is 0 Å². The van der Waals surface area contributed by atoms with Crippen molar-refractivity contribution in [2.24, 2.45) is 17.8 Å². The van der Waals surface area contributed by atoms with Crippen molar-refractivity contribution >= 4 is 5.78 Å². The maximum atomic E-state index is 12.3. The lowest BCUT2D eigenvalue weighted by atomic mass is 9.81. The zero-order valence-electron chi connectivity index (χ0n) is 16.0. The molecule has 1 fully saturated rings. The molecule has 0 spiro atoms. The van der Waals surface area contributed by atoms with Crippen molar-refractivity contribution in [3.05, 3.63) is 12.2 Å². The molecule has 1 aliphatic carbocycles. The van der Waals surface area contributed by atoms with Crippen molar-refractivity contribution in [1.82, 2.24) is 0 Å². The number of carbonyl (C=O) groups excluding carboxylic acids is 1. The summed E-state index contributed by atoms with van der Waals surface area (Å²) in [5.74, 6) is 1.94. The fourth-order valence-electron chi connectivity index (χ4n) is 4.06. The van der Waals surface area contributed by atoms with E-state index in [2.05, 4.69) is 32.9 Å². The Morgan fingerprint density at radius 1 is 1.00 bits per heavy atom. The average molecular weight is 321 g/mol. The first-order chi connectivity index (χ1) is 11.2. The van der Waals surface area contributed by atoms with Gasteiger partial charge in [-0.15, -0.1) is 0 Å². The van der Waals surface area contributed by atoms with Crippen LogP contribution in [-0.2, 0) is 4.79 Å². The van der Waals surface area contributed by atoms with Gasteiger partial charge in [-0.1, -0.05) is 84.3 Å². The Labute approximate surface area is 145 Å². The fraction of sp³-hybridized carbons (Fsp3) is 0.864. The second-order valence-corrected chi connectivity index (χ2v) is 7.65. The first-order valence-electron chi connectivity index (χ1n) is 10.4. The molecule has 1 heteroatoms. The molecule has 0 bridgehead atoms. The summed E-state index contributed by atoms with van der Waals surface area (Å²) < 4.78 is 0. The predicted octanol–water partition coefficient (Wildman–Crippen LogP) is 7.10. The summed E-state index contributed by atoms with van der Waals surface area (Å²) >= 11 is 0. The highest BCUT2D eigenvalue weighted by Gasteiger charge is 2.36. The molecular formula is C22H40O. The van der Waals surface area contributed by atoms with Gasteiger partial charge in [0.2, 0.25) is 0 Å². The smallest absolute Gasteiger partial charge is 0.136 e. The number of unbranched alkanes of at least 4 members (excludes halogenated alkanes) is 8. The van der Waals surface area contributed by atoms with Crippen LogP contribution in [-0.4, -0.2) is 5.78 Å². The lowest BCUT2D eigenvalue weighted by molar-refractivity contribution is -0.122. The van der Waals surface area contributed by atoms with Gasteiger partial charge in [0.25, 0.3) is 0 Å². The van der Waals surface area contributed by atoms with Gasteiger partial charge in [-0.25, -0.2) is 0 Å². The molecule has 0 heterocycles. The molecule has 0 aromatic carbocycles. The molecule has 0 radical (unpaired) electrons. The number of hydrogen-bond acceptors (Lipinski definition) is 1. The summed E-state index contributed by atoms with van der Waals surface area (Å²) in [4.78, 5) is 12.3. The van der Waals surface area contributed by atoms with Crippen molar-refractivity contribution in [3.63, 3.8) is 0 Å². The van der Waals surface area contributed by atoms with E-state index in [4.69, 9.17) is 0 Å². The monoisotopic (exact) mass is 320 g/mol. The van der Waals surface area contributed by atoms with E-state index in [-0.39, 0.29) is 0 Å². The van der Waals surface area contributed by atoms with E-state index < -0.39 is 0 Å². The summed E-state index contributed by atoms with van der Waals surface area (Å²) in [6, 6.07) is 0. The fourth-order valence-corrected chi connectivity index (χ4v) is 4.06. The quantitative estimate of drug-likeness (QED) is 0.261. The van der Waals surface area contributed by atoms with E-state index in [0.29, 0.717) is 23.5 Å². The predicted molar refractivity (Wildman–Crippen MR) is 102 cm³/mol. The topological polar surface area (TPSA) is 17.1 Å². The first-order valence-corrected chi connectivity index (χ1v) is 10.4. The largest absolute Gasteiger partial charge is 0.299 e. The molecule has 0 aliphatic heterocycles. The van der Waals surface area contributed by atoms with Crippen LogP contribution in [0.4, 0.5) is 0 Å². The minimum atomic E-state index is 0.313. The van der Waals surface area contributed by atoms with Gasteiger partial charge in [0, 0.05) is 12.3 Å². The molecule has 1 unspecified atom stereocenters. The average Bonchev–Trinajstić information content (AvgIpc) is 2.91. The molecule has 3 atom stereocenters. The van der Waals surface area contributed by atoms with E-state index in [1.54, 1.807) is 0 Å². The van der Waals surface area contributed by atoms with Gasteiger partial charge in [0.05, 0.1) is 0 Å². The summed E-state index contributed by atoms with van der Waals surface area (Å²) in [5.41, 5.74) is 0. The highest BCUT2D eigenvalue weighted by molar-refractivity contribution is 5.84. The molecule has 1 rings (SSSR count). The zero-order chi connectivity index (χ0) is 16.9. The molecule has 1 saturated carbocycles.